The van der Waals surface area contributed by atoms with Gasteiger partial charge in [0.25, 0.3) is 5.91 Å². The highest BCUT2D eigenvalue weighted by molar-refractivity contribution is 5.93. The summed E-state index contributed by atoms with van der Waals surface area (Å²) in [5.41, 5.74) is 7.63. The Labute approximate surface area is 125 Å². The number of carbonyl (C=O) groups excluding carboxylic acids is 1. The van der Waals surface area contributed by atoms with E-state index >= 15 is 0 Å². The molecule has 0 saturated carbocycles. The Balaban J connectivity index is 2.06. The number of benzene rings is 2. The van der Waals surface area contributed by atoms with Crippen LogP contribution in [0.15, 0.2) is 73.3 Å². The van der Waals surface area contributed by atoms with Gasteiger partial charge in [-0.2, -0.15) is 0 Å². The van der Waals surface area contributed by atoms with Crippen LogP contribution in [0.5, 0.6) is 0 Å². The molecule has 2 N–H and O–H groups in total. The Morgan fingerprint density at radius 3 is 2.19 bits per heavy atom. The molecular weight excluding hydrogens is 260 g/mol. The minimum absolute atomic E-state index is 0.0173. The molecule has 21 heavy (non-hydrogen) atoms. The number of nitrogens with one attached hydrogen (secondary N) is 2. The van der Waals surface area contributed by atoms with Gasteiger partial charge in [-0.05, 0) is 23.6 Å². The van der Waals surface area contributed by atoms with E-state index in [4.69, 9.17) is 0 Å². The first-order valence-electron chi connectivity index (χ1n) is 7.01. The van der Waals surface area contributed by atoms with Gasteiger partial charge in [0.1, 0.15) is 0 Å². The van der Waals surface area contributed by atoms with Crippen molar-refractivity contribution in [2.75, 3.05) is 0 Å². The van der Waals surface area contributed by atoms with Gasteiger partial charge < -0.3 is 0 Å². The first kappa shape index (κ1) is 15.0. The molecule has 0 aliphatic carbocycles. The smallest absolute Gasteiger partial charge is 0.265 e. The van der Waals surface area contributed by atoms with Crippen molar-refractivity contribution < 1.29 is 4.79 Å². The van der Waals surface area contributed by atoms with Crippen LogP contribution in [0.2, 0.25) is 0 Å². The molecule has 0 unspecified atom stereocenters. The molecule has 3 nitrogen and oxygen atoms in total. The van der Waals surface area contributed by atoms with E-state index < -0.39 is 0 Å². The van der Waals surface area contributed by atoms with E-state index in [0.29, 0.717) is 5.56 Å². The number of amides is 1. The van der Waals surface area contributed by atoms with Crippen LogP contribution in [-0.2, 0) is 0 Å². The lowest BCUT2D eigenvalue weighted by Gasteiger charge is -2.23. The van der Waals surface area contributed by atoms with E-state index in [9.17, 15) is 4.79 Å². The van der Waals surface area contributed by atoms with Gasteiger partial charge in [-0.25, -0.2) is 5.43 Å². The molecule has 3 heteroatoms. The maximum absolute atomic E-state index is 12.1. The second-order valence-corrected chi connectivity index (χ2v) is 4.95. The Kier molecular flexibility index (Phi) is 5.29. The predicted octanol–water partition coefficient (Wildman–Crippen LogP) is 3.48. The Hall–Kier alpha value is -2.39. The largest absolute Gasteiger partial charge is 0.287 e. The molecule has 1 amide bonds. The topological polar surface area (TPSA) is 41.1 Å². The van der Waals surface area contributed by atoms with E-state index in [-0.39, 0.29) is 17.9 Å². The maximum atomic E-state index is 12.1. The standard InChI is InChI=1S/C18H20N2O/c1-3-14(2)17(15-10-6-4-7-11-15)19-20-18(21)16-12-8-5-9-13-16/h3-14,17,19H,1H2,2H3,(H,20,21)/t14-,17+/m1/s1. The minimum Gasteiger partial charge on any atom is -0.287 e. The van der Waals surface area contributed by atoms with Gasteiger partial charge in [0, 0.05) is 5.56 Å². The number of hydrogen-bond donors (Lipinski definition) is 2. The zero-order valence-corrected chi connectivity index (χ0v) is 12.1. The SMILES string of the molecule is C=C[C@@H](C)[C@H](NNC(=O)c1ccccc1)c1ccccc1. The van der Waals surface area contributed by atoms with Gasteiger partial charge in [0.2, 0.25) is 0 Å². The lowest BCUT2D eigenvalue weighted by atomic mass is 9.95. The van der Waals surface area contributed by atoms with E-state index in [0.717, 1.165) is 5.56 Å². The van der Waals surface area contributed by atoms with Crippen molar-refractivity contribution >= 4 is 5.91 Å². The minimum atomic E-state index is -0.146. The van der Waals surface area contributed by atoms with Crippen LogP contribution in [-0.4, -0.2) is 5.91 Å². The summed E-state index contributed by atoms with van der Waals surface area (Å²) in [4.78, 5) is 12.1. The highest BCUT2D eigenvalue weighted by Gasteiger charge is 2.17. The zero-order valence-electron chi connectivity index (χ0n) is 12.1. The number of carbonyl (C=O) groups is 1. The average molecular weight is 280 g/mol. The molecule has 0 spiro atoms. The van der Waals surface area contributed by atoms with E-state index in [1.165, 1.54) is 0 Å². The molecule has 2 rings (SSSR count). The van der Waals surface area contributed by atoms with Crippen molar-refractivity contribution in [3.63, 3.8) is 0 Å². The second kappa shape index (κ2) is 7.41. The maximum Gasteiger partial charge on any atom is 0.265 e. The van der Waals surface area contributed by atoms with Crippen LogP contribution in [0.1, 0.15) is 28.9 Å². The van der Waals surface area contributed by atoms with Crippen molar-refractivity contribution in [1.29, 1.82) is 0 Å². The second-order valence-electron chi connectivity index (χ2n) is 4.95. The third kappa shape index (κ3) is 4.04. The summed E-state index contributed by atoms with van der Waals surface area (Å²) in [6, 6.07) is 19.1. The van der Waals surface area contributed by atoms with Gasteiger partial charge in [-0.1, -0.05) is 61.5 Å². The summed E-state index contributed by atoms with van der Waals surface area (Å²) in [7, 11) is 0. The van der Waals surface area contributed by atoms with Gasteiger partial charge in [0.15, 0.2) is 0 Å². The van der Waals surface area contributed by atoms with Crippen LogP contribution in [0, 0.1) is 5.92 Å². The van der Waals surface area contributed by atoms with E-state index in [2.05, 4.69) is 24.4 Å². The van der Waals surface area contributed by atoms with Gasteiger partial charge >= 0.3 is 0 Å². The van der Waals surface area contributed by atoms with Crippen molar-refractivity contribution in [3.05, 3.63) is 84.4 Å². The van der Waals surface area contributed by atoms with Crippen LogP contribution in [0.3, 0.4) is 0 Å². The van der Waals surface area contributed by atoms with Crippen LogP contribution in [0.25, 0.3) is 0 Å². The molecule has 0 saturated heterocycles. The first-order valence-corrected chi connectivity index (χ1v) is 7.01. The van der Waals surface area contributed by atoms with Gasteiger partial charge in [-0.15, -0.1) is 6.58 Å². The Bertz CT molecular complexity index is 581. The third-order valence-electron chi connectivity index (χ3n) is 3.43. The summed E-state index contributed by atoms with van der Waals surface area (Å²) in [6.45, 7) is 5.90. The Morgan fingerprint density at radius 2 is 1.62 bits per heavy atom. The molecule has 0 bridgehead atoms. The summed E-state index contributed by atoms with van der Waals surface area (Å²) in [6.07, 6.45) is 1.87. The van der Waals surface area contributed by atoms with Crippen molar-refractivity contribution in [2.24, 2.45) is 5.92 Å². The highest BCUT2D eigenvalue weighted by Crippen LogP contribution is 2.21. The lowest BCUT2D eigenvalue weighted by molar-refractivity contribution is 0.0921. The molecular formula is C18H20N2O. The van der Waals surface area contributed by atoms with E-state index in [1.807, 2.05) is 54.6 Å². The summed E-state index contributed by atoms with van der Waals surface area (Å²) in [5.74, 6) is 0.0382. The molecule has 0 fully saturated rings. The van der Waals surface area contributed by atoms with Gasteiger partial charge in [0.05, 0.1) is 6.04 Å². The average Bonchev–Trinajstić information content (AvgIpc) is 2.56. The molecule has 0 heterocycles. The molecule has 2 aromatic rings. The third-order valence-corrected chi connectivity index (χ3v) is 3.43. The highest BCUT2D eigenvalue weighted by atomic mass is 16.2. The number of hydrogen-bond acceptors (Lipinski definition) is 2. The Morgan fingerprint density at radius 1 is 1.05 bits per heavy atom. The predicted molar refractivity (Wildman–Crippen MR) is 85.6 cm³/mol. The van der Waals surface area contributed by atoms with Crippen LogP contribution < -0.4 is 10.9 Å². The fraction of sp³-hybridized carbons (Fsp3) is 0.167. The molecule has 0 aliphatic rings. The number of hydrazine groups is 1. The van der Waals surface area contributed by atoms with Gasteiger partial charge in [-0.3, -0.25) is 10.2 Å². The molecule has 0 aromatic heterocycles. The van der Waals surface area contributed by atoms with Crippen molar-refractivity contribution in [3.8, 4) is 0 Å². The molecule has 108 valence electrons. The fourth-order valence-electron chi connectivity index (χ4n) is 2.12. The fourth-order valence-corrected chi connectivity index (χ4v) is 2.12. The van der Waals surface area contributed by atoms with Crippen LogP contribution >= 0.6 is 0 Å². The molecule has 0 aliphatic heterocycles. The molecule has 0 radical (unpaired) electrons. The summed E-state index contributed by atoms with van der Waals surface area (Å²) >= 11 is 0. The molecule has 2 aromatic carbocycles. The quantitative estimate of drug-likeness (QED) is 0.628. The summed E-state index contributed by atoms with van der Waals surface area (Å²) in [5, 5.41) is 0. The zero-order chi connectivity index (χ0) is 15.1. The van der Waals surface area contributed by atoms with Crippen LogP contribution in [0.4, 0.5) is 0 Å². The normalized spacial score (nSPS) is 13.2. The van der Waals surface area contributed by atoms with Crippen molar-refractivity contribution in [1.82, 2.24) is 10.9 Å². The van der Waals surface area contributed by atoms with Crippen molar-refractivity contribution in [2.45, 2.75) is 13.0 Å². The monoisotopic (exact) mass is 280 g/mol. The summed E-state index contributed by atoms with van der Waals surface area (Å²) < 4.78 is 0. The lowest BCUT2D eigenvalue weighted by Crippen LogP contribution is -2.41. The van der Waals surface area contributed by atoms with E-state index in [1.54, 1.807) is 12.1 Å². The first-order chi connectivity index (χ1) is 10.2. The number of rotatable bonds is 6. The molecule has 2 atom stereocenters.